The average Bonchev–Trinajstić information content (AvgIpc) is 2.55. The summed E-state index contributed by atoms with van der Waals surface area (Å²) in [5.41, 5.74) is 1.52. The molecule has 0 aromatic heterocycles. The second kappa shape index (κ2) is 8.57. The number of ether oxygens (including phenoxy) is 2. The molecule has 2 aromatic rings. The van der Waals surface area contributed by atoms with E-state index in [1.54, 1.807) is 30.3 Å². The summed E-state index contributed by atoms with van der Waals surface area (Å²) in [5, 5.41) is 11.3. The Bertz CT molecular complexity index is 762. The summed E-state index contributed by atoms with van der Waals surface area (Å²) in [7, 11) is 0. The Kier molecular flexibility index (Phi) is 6.46. The van der Waals surface area contributed by atoms with Crippen LogP contribution in [0.4, 0.5) is 0 Å². The van der Waals surface area contributed by atoms with E-state index < -0.39 is 4.92 Å². The van der Waals surface area contributed by atoms with Crippen LogP contribution in [0.3, 0.4) is 0 Å². The van der Waals surface area contributed by atoms with Crippen molar-refractivity contribution in [3.05, 3.63) is 73.9 Å². The molecular formula is C17H15Cl2NO4. The lowest BCUT2D eigenvalue weighted by Crippen LogP contribution is -2.00. The van der Waals surface area contributed by atoms with E-state index in [0.29, 0.717) is 40.3 Å². The Morgan fingerprint density at radius 1 is 1.08 bits per heavy atom. The summed E-state index contributed by atoms with van der Waals surface area (Å²) in [6, 6.07) is 10.4. The highest BCUT2D eigenvalue weighted by molar-refractivity contribution is 6.42. The number of hydrogen-bond acceptors (Lipinski definition) is 4. The van der Waals surface area contributed by atoms with Gasteiger partial charge < -0.3 is 9.47 Å². The van der Waals surface area contributed by atoms with E-state index in [1.807, 2.05) is 13.0 Å². The lowest BCUT2D eigenvalue weighted by Gasteiger charge is -2.13. The van der Waals surface area contributed by atoms with E-state index in [4.69, 9.17) is 32.7 Å². The minimum absolute atomic E-state index is 0.293. The molecule has 0 saturated heterocycles. The first-order chi connectivity index (χ1) is 11.5. The van der Waals surface area contributed by atoms with Crippen LogP contribution in [0, 0.1) is 10.1 Å². The summed E-state index contributed by atoms with van der Waals surface area (Å²) in [4.78, 5) is 9.88. The van der Waals surface area contributed by atoms with Crippen molar-refractivity contribution < 1.29 is 14.4 Å². The lowest BCUT2D eigenvalue weighted by atomic mass is 10.2. The molecule has 0 saturated carbocycles. The topological polar surface area (TPSA) is 61.6 Å². The van der Waals surface area contributed by atoms with Gasteiger partial charge in [-0.3, -0.25) is 10.1 Å². The summed E-state index contributed by atoms with van der Waals surface area (Å²) in [5.74, 6) is 1.06. The average molecular weight is 368 g/mol. The molecule has 24 heavy (non-hydrogen) atoms. The van der Waals surface area contributed by atoms with Gasteiger partial charge in [0.2, 0.25) is 6.20 Å². The fraction of sp³-hybridized carbons (Fsp3) is 0.176. The Morgan fingerprint density at radius 2 is 1.88 bits per heavy atom. The van der Waals surface area contributed by atoms with Crippen molar-refractivity contribution in [1.82, 2.24) is 0 Å². The van der Waals surface area contributed by atoms with Crippen molar-refractivity contribution in [2.45, 2.75) is 13.5 Å². The molecule has 2 aromatic carbocycles. The van der Waals surface area contributed by atoms with Gasteiger partial charge in [-0.25, -0.2) is 0 Å². The van der Waals surface area contributed by atoms with Gasteiger partial charge in [0.25, 0.3) is 0 Å². The van der Waals surface area contributed by atoms with Gasteiger partial charge in [-0.2, -0.15) is 0 Å². The Morgan fingerprint density at radius 3 is 2.54 bits per heavy atom. The van der Waals surface area contributed by atoms with Crippen LogP contribution < -0.4 is 9.47 Å². The third-order valence-electron chi connectivity index (χ3n) is 3.03. The minimum Gasteiger partial charge on any atom is -0.490 e. The zero-order valence-electron chi connectivity index (χ0n) is 12.9. The van der Waals surface area contributed by atoms with E-state index in [-0.39, 0.29) is 0 Å². The lowest BCUT2D eigenvalue weighted by molar-refractivity contribution is -0.400. The first kappa shape index (κ1) is 18.1. The highest BCUT2D eigenvalue weighted by Crippen LogP contribution is 2.30. The number of rotatable bonds is 7. The van der Waals surface area contributed by atoms with E-state index in [9.17, 15) is 10.1 Å². The quantitative estimate of drug-likeness (QED) is 0.497. The zero-order valence-corrected chi connectivity index (χ0v) is 14.4. The number of nitrogens with zero attached hydrogens (tertiary/aromatic N) is 1. The molecule has 0 N–H and O–H groups in total. The second-order valence-electron chi connectivity index (χ2n) is 4.78. The number of nitro groups is 1. The van der Waals surface area contributed by atoms with E-state index >= 15 is 0 Å². The number of benzene rings is 2. The van der Waals surface area contributed by atoms with Crippen LogP contribution in [0.25, 0.3) is 6.08 Å². The number of hydrogen-bond donors (Lipinski definition) is 0. The molecule has 5 nitrogen and oxygen atoms in total. The molecular weight excluding hydrogens is 353 g/mol. The molecule has 0 bridgehead atoms. The monoisotopic (exact) mass is 367 g/mol. The van der Waals surface area contributed by atoms with Gasteiger partial charge in [0, 0.05) is 6.08 Å². The molecule has 0 aliphatic carbocycles. The van der Waals surface area contributed by atoms with Gasteiger partial charge in [-0.15, -0.1) is 0 Å². The smallest absolute Gasteiger partial charge is 0.235 e. The van der Waals surface area contributed by atoms with Crippen molar-refractivity contribution in [3.8, 4) is 11.5 Å². The maximum atomic E-state index is 10.4. The zero-order chi connectivity index (χ0) is 17.5. The Balaban J connectivity index is 2.16. The van der Waals surface area contributed by atoms with Crippen LogP contribution in [0.1, 0.15) is 18.1 Å². The van der Waals surface area contributed by atoms with Crippen LogP contribution in [0.15, 0.2) is 42.6 Å². The highest BCUT2D eigenvalue weighted by Gasteiger charge is 2.07. The van der Waals surface area contributed by atoms with Gasteiger partial charge >= 0.3 is 0 Å². The molecule has 0 unspecified atom stereocenters. The van der Waals surface area contributed by atoms with Crippen molar-refractivity contribution in [2.75, 3.05) is 6.61 Å². The van der Waals surface area contributed by atoms with Crippen molar-refractivity contribution in [3.63, 3.8) is 0 Å². The molecule has 0 fully saturated rings. The normalized spacial score (nSPS) is 10.8. The van der Waals surface area contributed by atoms with Gasteiger partial charge in [0.1, 0.15) is 6.61 Å². The molecule has 0 aliphatic heterocycles. The molecule has 0 amide bonds. The highest BCUT2D eigenvalue weighted by atomic mass is 35.5. The molecule has 126 valence electrons. The minimum atomic E-state index is -0.519. The van der Waals surface area contributed by atoms with Crippen molar-refractivity contribution >= 4 is 29.3 Å². The van der Waals surface area contributed by atoms with Crippen molar-refractivity contribution in [1.29, 1.82) is 0 Å². The van der Waals surface area contributed by atoms with Crippen LogP contribution in [0.2, 0.25) is 10.0 Å². The molecule has 0 radical (unpaired) electrons. The first-order valence-corrected chi connectivity index (χ1v) is 7.90. The van der Waals surface area contributed by atoms with Gasteiger partial charge in [-0.05, 0) is 42.3 Å². The van der Waals surface area contributed by atoms with Crippen LogP contribution >= 0.6 is 23.2 Å². The summed E-state index contributed by atoms with van der Waals surface area (Å²) in [6.45, 7) is 2.59. The Hall–Kier alpha value is -2.24. The van der Waals surface area contributed by atoms with Crippen molar-refractivity contribution in [2.24, 2.45) is 0 Å². The fourth-order valence-electron chi connectivity index (χ4n) is 1.95. The van der Waals surface area contributed by atoms with Gasteiger partial charge in [-0.1, -0.05) is 35.3 Å². The van der Waals surface area contributed by atoms with Crippen LogP contribution in [-0.2, 0) is 6.61 Å². The predicted molar refractivity (Wildman–Crippen MR) is 94.4 cm³/mol. The third kappa shape index (κ3) is 5.15. The maximum absolute atomic E-state index is 10.4. The predicted octanol–water partition coefficient (Wildman–Crippen LogP) is 5.22. The second-order valence-corrected chi connectivity index (χ2v) is 5.59. The Labute approximate surface area is 149 Å². The first-order valence-electron chi connectivity index (χ1n) is 7.15. The molecule has 0 atom stereocenters. The van der Waals surface area contributed by atoms with E-state index in [0.717, 1.165) is 11.8 Å². The molecule has 0 spiro atoms. The molecule has 0 heterocycles. The summed E-state index contributed by atoms with van der Waals surface area (Å²) < 4.78 is 11.3. The van der Waals surface area contributed by atoms with E-state index in [1.165, 1.54) is 6.08 Å². The van der Waals surface area contributed by atoms with Crippen LogP contribution in [-0.4, -0.2) is 11.5 Å². The van der Waals surface area contributed by atoms with Gasteiger partial charge in [0.05, 0.1) is 21.6 Å². The fourth-order valence-corrected chi connectivity index (χ4v) is 2.27. The maximum Gasteiger partial charge on any atom is 0.235 e. The van der Waals surface area contributed by atoms with E-state index in [2.05, 4.69) is 0 Å². The molecule has 7 heteroatoms. The standard InChI is InChI=1S/C17H15Cl2NO4/c1-2-23-17-10-12(7-8-20(21)22)4-6-16(17)24-11-13-3-5-14(18)15(19)9-13/h3-10H,2,11H2,1H3/b8-7+. The number of halogens is 2. The molecule has 0 aliphatic rings. The largest absolute Gasteiger partial charge is 0.490 e. The van der Waals surface area contributed by atoms with Gasteiger partial charge in [0.15, 0.2) is 11.5 Å². The van der Waals surface area contributed by atoms with Crippen LogP contribution in [0.5, 0.6) is 11.5 Å². The molecule has 2 rings (SSSR count). The third-order valence-corrected chi connectivity index (χ3v) is 3.77. The summed E-state index contributed by atoms with van der Waals surface area (Å²) >= 11 is 11.9. The summed E-state index contributed by atoms with van der Waals surface area (Å²) in [6.07, 6.45) is 2.27. The SMILES string of the molecule is CCOc1cc(/C=C/[N+](=O)[O-])ccc1OCc1ccc(Cl)c(Cl)c1.